The molecule has 0 bridgehead atoms. The van der Waals surface area contributed by atoms with Gasteiger partial charge in [-0.05, 0) is 36.8 Å². The zero-order valence-electron chi connectivity index (χ0n) is 16.4. The molecular formula is C21H23N3O5. The van der Waals surface area contributed by atoms with Crippen molar-refractivity contribution in [2.24, 2.45) is 0 Å². The predicted molar refractivity (Wildman–Crippen MR) is 108 cm³/mol. The Kier molecular flexibility index (Phi) is 7.78. The average molecular weight is 397 g/mol. The number of benzene rings is 2. The quantitative estimate of drug-likeness (QED) is 0.358. The number of rotatable bonds is 8. The molecule has 0 unspecified atom stereocenters. The molecule has 0 aromatic heterocycles. The Hall–Kier alpha value is -3.81. The van der Waals surface area contributed by atoms with E-state index in [1.54, 1.807) is 62.6 Å². The van der Waals surface area contributed by atoms with Gasteiger partial charge in [0.25, 0.3) is 0 Å². The summed E-state index contributed by atoms with van der Waals surface area (Å²) >= 11 is 0. The first-order chi connectivity index (χ1) is 13.9. The van der Waals surface area contributed by atoms with Crippen LogP contribution in [0.1, 0.15) is 22.8 Å². The molecule has 2 rings (SSSR count). The molecule has 0 heterocycles. The number of anilines is 1. The van der Waals surface area contributed by atoms with Gasteiger partial charge in [-0.2, -0.15) is 0 Å². The van der Waals surface area contributed by atoms with Crippen LogP contribution in [0.5, 0.6) is 5.75 Å². The van der Waals surface area contributed by atoms with Gasteiger partial charge in [-0.3, -0.25) is 15.0 Å². The second-order valence-corrected chi connectivity index (χ2v) is 6.05. The van der Waals surface area contributed by atoms with E-state index in [2.05, 4.69) is 16.2 Å². The molecule has 0 aliphatic heterocycles. The third kappa shape index (κ3) is 6.69. The van der Waals surface area contributed by atoms with E-state index in [0.29, 0.717) is 17.1 Å². The van der Waals surface area contributed by atoms with E-state index in [1.807, 2.05) is 0 Å². The Balaban J connectivity index is 1.88. The number of esters is 1. The van der Waals surface area contributed by atoms with Crippen LogP contribution in [0.3, 0.4) is 0 Å². The molecule has 0 saturated carbocycles. The molecule has 3 N–H and O–H groups in total. The highest BCUT2D eigenvalue weighted by Gasteiger charge is 2.12. The number of para-hydroxylation sites is 1. The number of hydrogen-bond donors (Lipinski definition) is 3. The second kappa shape index (κ2) is 10.5. The maximum absolute atomic E-state index is 12.2. The Labute approximate surface area is 168 Å². The zero-order valence-corrected chi connectivity index (χ0v) is 16.4. The molecule has 152 valence electrons. The number of ether oxygens (including phenoxy) is 2. The lowest BCUT2D eigenvalue weighted by molar-refractivity contribution is -0.121. The minimum Gasteiger partial charge on any atom is -0.497 e. The maximum Gasteiger partial charge on any atom is 0.339 e. The smallest absolute Gasteiger partial charge is 0.339 e. The van der Waals surface area contributed by atoms with Crippen molar-refractivity contribution in [2.75, 3.05) is 19.5 Å². The van der Waals surface area contributed by atoms with E-state index >= 15 is 0 Å². The van der Waals surface area contributed by atoms with Crippen LogP contribution < -0.4 is 20.9 Å². The van der Waals surface area contributed by atoms with Crippen LogP contribution in [0.2, 0.25) is 0 Å². The van der Waals surface area contributed by atoms with Crippen molar-refractivity contribution in [3.05, 3.63) is 71.4 Å². The van der Waals surface area contributed by atoms with Gasteiger partial charge in [0.1, 0.15) is 5.75 Å². The summed E-state index contributed by atoms with van der Waals surface area (Å²) in [5.41, 5.74) is 7.02. The van der Waals surface area contributed by atoms with Gasteiger partial charge in [-0.1, -0.05) is 24.3 Å². The van der Waals surface area contributed by atoms with E-state index in [4.69, 9.17) is 9.47 Å². The second-order valence-electron chi connectivity index (χ2n) is 6.05. The largest absolute Gasteiger partial charge is 0.497 e. The minimum absolute atomic E-state index is 0.170. The Morgan fingerprint density at radius 2 is 1.66 bits per heavy atom. The lowest BCUT2D eigenvalue weighted by atomic mass is 10.1. The standard InChI is InChI=1S/C21H23N3O5/c1-14(23-24-20(26)13-15-8-10-16(28-2)11-9-15)12-19(25)22-18-7-5-4-6-17(18)21(27)29-3/h4-12,23H,13H2,1-3H3,(H,22,25)(H,24,26)/b14-12-. The molecule has 2 aromatic carbocycles. The maximum atomic E-state index is 12.2. The highest BCUT2D eigenvalue weighted by Crippen LogP contribution is 2.16. The van der Waals surface area contributed by atoms with Crippen molar-refractivity contribution in [2.45, 2.75) is 13.3 Å². The summed E-state index contributed by atoms with van der Waals surface area (Å²) in [6.07, 6.45) is 1.44. The Morgan fingerprint density at radius 1 is 0.966 bits per heavy atom. The molecule has 0 aliphatic rings. The summed E-state index contributed by atoms with van der Waals surface area (Å²) < 4.78 is 9.77. The topological polar surface area (TPSA) is 106 Å². The Bertz CT molecular complexity index is 907. The number of allylic oxidation sites excluding steroid dienone is 1. The molecule has 0 saturated heterocycles. The zero-order chi connectivity index (χ0) is 21.2. The van der Waals surface area contributed by atoms with Gasteiger partial charge in [0, 0.05) is 11.8 Å². The summed E-state index contributed by atoms with van der Waals surface area (Å²) in [6.45, 7) is 1.62. The molecule has 2 aromatic rings. The number of hydrogen-bond acceptors (Lipinski definition) is 6. The third-order valence-corrected chi connectivity index (χ3v) is 3.86. The van der Waals surface area contributed by atoms with E-state index < -0.39 is 11.9 Å². The van der Waals surface area contributed by atoms with Gasteiger partial charge < -0.3 is 20.2 Å². The molecule has 2 amide bonds. The highest BCUT2D eigenvalue weighted by molar-refractivity contribution is 6.05. The number of nitrogens with one attached hydrogen (secondary N) is 3. The lowest BCUT2D eigenvalue weighted by Crippen LogP contribution is -2.37. The van der Waals surface area contributed by atoms with Crippen molar-refractivity contribution < 1.29 is 23.9 Å². The molecule has 0 radical (unpaired) electrons. The fourth-order valence-electron chi connectivity index (χ4n) is 2.42. The summed E-state index contributed by atoms with van der Waals surface area (Å²) in [5, 5.41) is 2.61. The molecule has 8 heteroatoms. The number of carbonyl (C=O) groups excluding carboxylic acids is 3. The normalized spacial score (nSPS) is 10.7. The van der Waals surface area contributed by atoms with E-state index in [0.717, 1.165) is 5.56 Å². The Morgan fingerprint density at radius 3 is 2.31 bits per heavy atom. The van der Waals surface area contributed by atoms with Crippen LogP contribution in [-0.2, 0) is 20.7 Å². The van der Waals surface area contributed by atoms with E-state index in [-0.39, 0.29) is 17.9 Å². The fraction of sp³-hybridized carbons (Fsp3) is 0.190. The monoisotopic (exact) mass is 397 g/mol. The molecule has 0 aliphatic carbocycles. The first-order valence-corrected chi connectivity index (χ1v) is 8.77. The van der Waals surface area contributed by atoms with Gasteiger partial charge in [0.15, 0.2) is 0 Å². The number of carbonyl (C=O) groups is 3. The lowest BCUT2D eigenvalue weighted by Gasteiger charge is -2.10. The molecular weight excluding hydrogens is 374 g/mol. The van der Waals surface area contributed by atoms with Gasteiger partial charge in [-0.25, -0.2) is 4.79 Å². The van der Waals surface area contributed by atoms with Crippen LogP contribution in [0.4, 0.5) is 5.69 Å². The fourth-order valence-corrected chi connectivity index (χ4v) is 2.42. The van der Waals surface area contributed by atoms with Crippen LogP contribution in [0, 0.1) is 0 Å². The third-order valence-electron chi connectivity index (χ3n) is 3.86. The predicted octanol–water partition coefficient (Wildman–Crippen LogP) is 2.19. The summed E-state index contributed by atoms with van der Waals surface area (Å²) in [5.74, 6) is -0.563. The van der Waals surface area contributed by atoms with Crippen molar-refractivity contribution >= 4 is 23.5 Å². The van der Waals surface area contributed by atoms with Gasteiger partial charge in [-0.15, -0.1) is 0 Å². The summed E-state index contributed by atoms with van der Waals surface area (Å²) in [4.78, 5) is 35.9. The van der Waals surface area contributed by atoms with Crippen LogP contribution >= 0.6 is 0 Å². The van der Waals surface area contributed by atoms with Crippen LogP contribution in [-0.4, -0.2) is 32.0 Å². The first-order valence-electron chi connectivity index (χ1n) is 8.77. The van der Waals surface area contributed by atoms with E-state index in [9.17, 15) is 14.4 Å². The van der Waals surface area contributed by atoms with Crippen molar-refractivity contribution in [3.8, 4) is 5.75 Å². The SMILES string of the molecule is COC(=O)c1ccccc1NC(=O)/C=C(/C)NNC(=O)Cc1ccc(OC)cc1. The van der Waals surface area contributed by atoms with Gasteiger partial charge >= 0.3 is 5.97 Å². The summed E-state index contributed by atoms with van der Waals surface area (Å²) in [7, 11) is 2.84. The molecule has 8 nitrogen and oxygen atoms in total. The van der Waals surface area contributed by atoms with Crippen LogP contribution in [0.25, 0.3) is 0 Å². The van der Waals surface area contributed by atoms with Crippen LogP contribution in [0.15, 0.2) is 60.3 Å². The van der Waals surface area contributed by atoms with Crippen molar-refractivity contribution in [1.82, 2.24) is 10.9 Å². The minimum atomic E-state index is -0.550. The molecule has 29 heavy (non-hydrogen) atoms. The molecule has 0 fully saturated rings. The summed E-state index contributed by atoms with van der Waals surface area (Å²) in [6, 6.07) is 13.7. The average Bonchev–Trinajstić information content (AvgIpc) is 2.72. The number of amides is 2. The molecule has 0 spiro atoms. The van der Waals surface area contributed by atoms with Gasteiger partial charge in [0.05, 0.1) is 31.9 Å². The van der Waals surface area contributed by atoms with Crippen molar-refractivity contribution in [3.63, 3.8) is 0 Å². The highest BCUT2D eigenvalue weighted by atomic mass is 16.5. The van der Waals surface area contributed by atoms with Gasteiger partial charge in [0.2, 0.25) is 11.8 Å². The number of hydrazine groups is 1. The van der Waals surface area contributed by atoms with E-state index in [1.165, 1.54) is 13.2 Å². The van der Waals surface area contributed by atoms with Crippen molar-refractivity contribution in [1.29, 1.82) is 0 Å². The number of methoxy groups -OCH3 is 2. The first kappa shape index (κ1) is 21.5. The molecule has 0 atom stereocenters.